The van der Waals surface area contributed by atoms with Crippen molar-refractivity contribution in [1.29, 1.82) is 0 Å². The molecule has 0 fully saturated rings. The lowest BCUT2D eigenvalue weighted by atomic mass is 10.1. The minimum atomic E-state index is -4.48. The van der Waals surface area contributed by atoms with Crippen LogP contribution in [-0.4, -0.2) is 16.9 Å². The lowest BCUT2D eigenvalue weighted by molar-refractivity contribution is -0.139. The Balaban J connectivity index is 2.09. The summed E-state index contributed by atoms with van der Waals surface area (Å²) in [6.45, 7) is -0.303. The van der Waals surface area contributed by atoms with E-state index in [9.17, 15) is 22.8 Å². The summed E-state index contributed by atoms with van der Waals surface area (Å²) in [5.74, 6) is -1.22. The van der Waals surface area contributed by atoms with Crippen molar-refractivity contribution in [3.05, 3.63) is 65.2 Å². The number of rotatable bonds is 7. The van der Waals surface area contributed by atoms with Crippen LogP contribution < -0.4 is 4.74 Å². The second kappa shape index (κ2) is 7.83. The molecule has 0 saturated carbocycles. The molecular weight excluding hydrogens is 337 g/mol. The smallest absolute Gasteiger partial charge is 0.416 e. The van der Waals surface area contributed by atoms with Crippen LogP contribution in [0.3, 0.4) is 0 Å². The van der Waals surface area contributed by atoms with Gasteiger partial charge >= 0.3 is 12.1 Å². The molecule has 0 heterocycles. The lowest BCUT2D eigenvalue weighted by Crippen LogP contribution is -2.10. The van der Waals surface area contributed by atoms with Crippen molar-refractivity contribution in [1.82, 2.24) is 0 Å². The van der Waals surface area contributed by atoms with E-state index in [1.54, 1.807) is 0 Å². The van der Waals surface area contributed by atoms with Gasteiger partial charge in [-0.25, -0.2) is 0 Å². The zero-order valence-corrected chi connectivity index (χ0v) is 13.0. The molecule has 0 aliphatic carbocycles. The number of ketones is 1. The number of aliphatic carboxylic acids is 1. The standard InChI is InChI=1S/C18H15F3O4/c19-18(20,21)15-7-2-1-4-13(15)11-25-14-6-3-5-12(10-14)16(22)8-9-17(23)24/h1-7,10H,8-9,11H2,(H,23,24). The number of hydrogen-bond acceptors (Lipinski definition) is 3. The Bertz CT molecular complexity index is 769. The number of halogens is 3. The summed E-state index contributed by atoms with van der Waals surface area (Å²) >= 11 is 0. The van der Waals surface area contributed by atoms with Gasteiger partial charge in [0, 0.05) is 17.5 Å². The summed E-state index contributed by atoms with van der Waals surface area (Å²) in [5.41, 5.74) is -0.538. The zero-order chi connectivity index (χ0) is 18.4. The van der Waals surface area contributed by atoms with Gasteiger partial charge in [0.15, 0.2) is 5.78 Å². The van der Waals surface area contributed by atoms with Gasteiger partial charge in [0.05, 0.1) is 12.0 Å². The summed E-state index contributed by atoms with van der Waals surface area (Å²) in [5, 5.41) is 8.60. The van der Waals surface area contributed by atoms with Crippen LogP contribution in [0.5, 0.6) is 5.75 Å². The number of carboxylic acids is 1. The molecule has 0 radical (unpaired) electrons. The van der Waals surface area contributed by atoms with Crippen LogP contribution in [0.2, 0.25) is 0 Å². The molecule has 0 spiro atoms. The average molecular weight is 352 g/mol. The molecule has 2 aromatic carbocycles. The van der Waals surface area contributed by atoms with E-state index in [-0.39, 0.29) is 42.1 Å². The van der Waals surface area contributed by atoms with Gasteiger partial charge in [0.25, 0.3) is 0 Å². The van der Waals surface area contributed by atoms with Crippen molar-refractivity contribution in [2.75, 3.05) is 0 Å². The molecule has 25 heavy (non-hydrogen) atoms. The van der Waals surface area contributed by atoms with Crippen molar-refractivity contribution in [2.24, 2.45) is 0 Å². The van der Waals surface area contributed by atoms with Gasteiger partial charge in [-0.3, -0.25) is 9.59 Å². The maximum absolute atomic E-state index is 12.9. The van der Waals surface area contributed by atoms with Crippen LogP contribution in [0.15, 0.2) is 48.5 Å². The molecule has 0 aromatic heterocycles. The lowest BCUT2D eigenvalue weighted by Gasteiger charge is -2.13. The predicted octanol–water partition coefficient (Wildman–Crippen LogP) is 4.33. The average Bonchev–Trinajstić information content (AvgIpc) is 2.57. The van der Waals surface area contributed by atoms with Gasteiger partial charge in [-0.15, -0.1) is 0 Å². The van der Waals surface area contributed by atoms with E-state index in [0.29, 0.717) is 0 Å². The normalized spacial score (nSPS) is 11.2. The van der Waals surface area contributed by atoms with E-state index in [2.05, 4.69) is 0 Å². The predicted molar refractivity (Wildman–Crippen MR) is 83.4 cm³/mol. The Labute approximate surface area is 141 Å². The quantitative estimate of drug-likeness (QED) is 0.753. The van der Waals surface area contributed by atoms with Crippen molar-refractivity contribution < 1.29 is 32.6 Å². The molecule has 0 aliphatic rings. The van der Waals surface area contributed by atoms with Crippen molar-refractivity contribution in [3.63, 3.8) is 0 Å². The Morgan fingerprint density at radius 2 is 1.72 bits per heavy atom. The summed E-state index contributed by atoms with van der Waals surface area (Å²) in [6, 6.07) is 11.0. The van der Waals surface area contributed by atoms with Crippen LogP contribution in [0.4, 0.5) is 13.2 Å². The van der Waals surface area contributed by atoms with E-state index >= 15 is 0 Å². The zero-order valence-electron chi connectivity index (χ0n) is 13.0. The fourth-order valence-electron chi connectivity index (χ4n) is 2.21. The number of Topliss-reactive ketones (excluding diaryl/α,β-unsaturated/α-hetero) is 1. The summed E-state index contributed by atoms with van der Waals surface area (Å²) < 4.78 is 44.2. The third-order valence-corrected chi connectivity index (χ3v) is 3.44. The number of carboxylic acid groups (broad SMARTS) is 1. The number of benzene rings is 2. The first-order valence-corrected chi connectivity index (χ1v) is 7.40. The fourth-order valence-corrected chi connectivity index (χ4v) is 2.21. The largest absolute Gasteiger partial charge is 0.489 e. The second-order valence-corrected chi connectivity index (χ2v) is 5.29. The highest BCUT2D eigenvalue weighted by Gasteiger charge is 2.32. The first-order valence-electron chi connectivity index (χ1n) is 7.40. The first kappa shape index (κ1) is 18.5. The fraction of sp³-hybridized carbons (Fsp3) is 0.222. The summed E-state index contributed by atoms with van der Waals surface area (Å²) in [7, 11) is 0. The van der Waals surface area contributed by atoms with E-state index in [1.807, 2.05) is 0 Å². The molecule has 0 bridgehead atoms. The maximum atomic E-state index is 12.9. The number of carbonyl (C=O) groups excluding carboxylic acids is 1. The highest BCUT2D eigenvalue weighted by Crippen LogP contribution is 2.32. The molecule has 1 N–H and O–H groups in total. The molecular formula is C18H15F3O4. The second-order valence-electron chi connectivity index (χ2n) is 5.29. The van der Waals surface area contributed by atoms with E-state index in [0.717, 1.165) is 6.07 Å². The minimum absolute atomic E-state index is 0.0161. The van der Waals surface area contributed by atoms with E-state index < -0.39 is 17.7 Å². The minimum Gasteiger partial charge on any atom is -0.489 e. The Kier molecular flexibility index (Phi) is 5.80. The van der Waals surface area contributed by atoms with Crippen LogP contribution in [0, 0.1) is 0 Å². The number of ether oxygens (including phenoxy) is 1. The van der Waals surface area contributed by atoms with Gasteiger partial charge < -0.3 is 9.84 Å². The first-order chi connectivity index (χ1) is 11.8. The van der Waals surface area contributed by atoms with Crippen LogP contribution in [-0.2, 0) is 17.6 Å². The topological polar surface area (TPSA) is 63.6 Å². The molecule has 0 saturated heterocycles. The SMILES string of the molecule is O=C(O)CCC(=O)c1cccc(OCc2ccccc2C(F)(F)F)c1. The van der Waals surface area contributed by atoms with E-state index in [1.165, 1.54) is 42.5 Å². The van der Waals surface area contributed by atoms with Crippen molar-refractivity contribution in [3.8, 4) is 5.75 Å². The van der Waals surface area contributed by atoms with Crippen molar-refractivity contribution in [2.45, 2.75) is 25.6 Å². The van der Waals surface area contributed by atoms with Crippen LogP contribution in [0.1, 0.15) is 34.3 Å². The van der Waals surface area contributed by atoms with Gasteiger partial charge in [-0.05, 0) is 18.2 Å². The number of carbonyl (C=O) groups is 2. The molecule has 4 nitrogen and oxygen atoms in total. The van der Waals surface area contributed by atoms with E-state index in [4.69, 9.17) is 9.84 Å². The third kappa shape index (κ3) is 5.34. The summed E-state index contributed by atoms with van der Waals surface area (Å²) in [6.07, 6.45) is -4.92. The van der Waals surface area contributed by atoms with Crippen LogP contribution in [0.25, 0.3) is 0 Å². The molecule has 7 heteroatoms. The van der Waals surface area contributed by atoms with Gasteiger partial charge in [0.1, 0.15) is 12.4 Å². The Hall–Kier alpha value is -2.83. The molecule has 2 aromatic rings. The Morgan fingerprint density at radius 1 is 1.00 bits per heavy atom. The van der Waals surface area contributed by atoms with Crippen molar-refractivity contribution >= 4 is 11.8 Å². The maximum Gasteiger partial charge on any atom is 0.416 e. The molecule has 0 unspecified atom stereocenters. The van der Waals surface area contributed by atoms with Gasteiger partial charge in [0.2, 0.25) is 0 Å². The molecule has 132 valence electrons. The summed E-state index contributed by atoms with van der Waals surface area (Å²) in [4.78, 5) is 22.4. The Morgan fingerprint density at radius 3 is 2.40 bits per heavy atom. The van der Waals surface area contributed by atoms with Gasteiger partial charge in [-0.1, -0.05) is 30.3 Å². The number of hydrogen-bond donors (Lipinski definition) is 1. The highest BCUT2D eigenvalue weighted by molar-refractivity contribution is 5.97. The van der Waals surface area contributed by atoms with Gasteiger partial charge in [-0.2, -0.15) is 13.2 Å². The number of alkyl halides is 3. The molecule has 0 amide bonds. The van der Waals surface area contributed by atoms with Crippen LogP contribution >= 0.6 is 0 Å². The third-order valence-electron chi connectivity index (χ3n) is 3.44. The molecule has 2 rings (SSSR count). The molecule has 0 aliphatic heterocycles. The monoisotopic (exact) mass is 352 g/mol. The highest BCUT2D eigenvalue weighted by atomic mass is 19.4. The molecule has 0 atom stereocenters.